The Morgan fingerprint density at radius 3 is 2.25 bits per heavy atom. The Balaban J connectivity index is 3.08. The van der Waals surface area contributed by atoms with Gasteiger partial charge in [-0.05, 0) is 0 Å². The van der Waals surface area contributed by atoms with Crippen LogP contribution in [0.15, 0.2) is 4.42 Å². The van der Waals surface area contributed by atoms with Crippen LogP contribution in [-0.4, -0.2) is 12.0 Å². The van der Waals surface area contributed by atoms with Crippen LogP contribution in [0, 0.1) is 0 Å². The molecule has 0 bridgehead atoms. The fraction of sp³-hybridized carbons (Fsp3) is 0.625. The lowest BCUT2D eigenvalue weighted by Crippen LogP contribution is -2.10. The number of aromatic nitrogens is 1. The van der Waals surface area contributed by atoms with Crippen LogP contribution in [0.5, 0.6) is 0 Å². The number of oxazole rings is 1. The van der Waals surface area contributed by atoms with Crippen molar-refractivity contribution >= 4 is 17.6 Å². The molecule has 0 aliphatic heterocycles. The van der Waals surface area contributed by atoms with Crippen molar-refractivity contribution in [2.24, 2.45) is 0 Å². The summed E-state index contributed by atoms with van der Waals surface area (Å²) >= 11 is 5.86. The second kappa shape index (κ2) is 2.98. The van der Waals surface area contributed by atoms with Crippen molar-refractivity contribution in [2.45, 2.75) is 26.2 Å². The Morgan fingerprint density at radius 2 is 2.00 bits per heavy atom. The summed E-state index contributed by atoms with van der Waals surface area (Å²) in [4.78, 5) is 3.98. The van der Waals surface area contributed by atoms with E-state index in [-0.39, 0.29) is 5.41 Å². The maximum absolute atomic E-state index is 5.86. The molecule has 0 saturated carbocycles. The molecule has 0 saturated heterocycles. The zero-order valence-electron chi connectivity index (χ0n) is 7.73. The second-order valence-electron chi connectivity index (χ2n) is 3.64. The van der Waals surface area contributed by atoms with Crippen LogP contribution in [0.4, 0.5) is 6.01 Å². The standard InChI is InChI=1S/C8H13ClN2O/c1-8(2,3)5-6(9)11-7(10-4)12-5/h1-4H3,(H,10,11). The third-order valence-electron chi connectivity index (χ3n) is 1.48. The van der Waals surface area contributed by atoms with E-state index in [0.29, 0.717) is 16.9 Å². The molecule has 0 radical (unpaired) electrons. The summed E-state index contributed by atoms with van der Waals surface area (Å²) in [6, 6.07) is 0.463. The van der Waals surface area contributed by atoms with Crippen LogP contribution < -0.4 is 5.32 Å². The van der Waals surface area contributed by atoms with E-state index in [1.807, 2.05) is 20.8 Å². The average molecular weight is 189 g/mol. The predicted molar refractivity (Wildman–Crippen MR) is 49.8 cm³/mol. The quantitative estimate of drug-likeness (QED) is 0.737. The van der Waals surface area contributed by atoms with Crippen LogP contribution in [-0.2, 0) is 5.41 Å². The molecule has 0 unspecified atom stereocenters. The fourth-order valence-electron chi connectivity index (χ4n) is 0.871. The molecule has 68 valence electrons. The minimum absolute atomic E-state index is 0.0980. The van der Waals surface area contributed by atoms with Crippen LogP contribution >= 0.6 is 11.6 Å². The van der Waals surface area contributed by atoms with Crippen molar-refractivity contribution in [3.8, 4) is 0 Å². The van der Waals surface area contributed by atoms with Crippen LogP contribution in [0.3, 0.4) is 0 Å². The summed E-state index contributed by atoms with van der Waals surface area (Å²) in [6.45, 7) is 6.08. The highest BCUT2D eigenvalue weighted by atomic mass is 35.5. The van der Waals surface area contributed by atoms with Gasteiger partial charge in [-0.15, -0.1) is 0 Å². The van der Waals surface area contributed by atoms with Crippen molar-refractivity contribution < 1.29 is 4.42 Å². The van der Waals surface area contributed by atoms with Gasteiger partial charge in [-0.25, -0.2) is 0 Å². The highest BCUT2D eigenvalue weighted by molar-refractivity contribution is 6.30. The van der Waals surface area contributed by atoms with E-state index in [1.54, 1.807) is 7.05 Å². The van der Waals surface area contributed by atoms with Gasteiger partial charge in [-0.3, -0.25) is 0 Å². The van der Waals surface area contributed by atoms with Gasteiger partial charge in [-0.2, -0.15) is 4.98 Å². The molecule has 0 aliphatic rings. The first kappa shape index (κ1) is 9.39. The van der Waals surface area contributed by atoms with Crippen molar-refractivity contribution in [1.29, 1.82) is 0 Å². The Hall–Kier alpha value is -0.700. The smallest absolute Gasteiger partial charge is 0.296 e. The lowest BCUT2D eigenvalue weighted by atomic mass is 9.94. The molecule has 0 aliphatic carbocycles. The highest BCUT2D eigenvalue weighted by Crippen LogP contribution is 2.31. The average Bonchev–Trinajstić information content (AvgIpc) is 2.29. The maximum Gasteiger partial charge on any atom is 0.296 e. The third kappa shape index (κ3) is 1.72. The molecule has 0 amide bonds. The number of anilines is 1. The first-order chi connectivity index (χ1) is 5.45. The molecular weight excluding hydrogens is 176 g/mol. The van der Waals surface area contributed by atoms with E-state index in [4.69, 9.17) is 16.0 Å². The zero-order chi connectivity index (χ0) is 9.35. The van der Waals surface area contributed by atoms with Gasteiger partial charge in [0.2, 0.25) is 0 Å². The number of hydrogen-bond acceptors (Lipinski definition) is 3. The van der Waals surface area contributed by atoms with Crippen LogP contribution in [0.1, 0.15) is 26.5 Å². The number of nitrogens with zero attached hydrogens (tertiary/aromatic N) is 1. The maximum atomic E-state index is 5.86. The largest absolute Gasteiger partial charge is 0.427 e. The number of rotatable bonds is 1. The molecule has 3 nitrogen and oxygen atoms in total. The highest BCUT2D eigenvalue weighted by Gasteiger charge is 2.23. The molecule has 1 N–H and O–H groups in total. The van der Waals surface area contributed by atoms with Gasteiger partial charge in [0.25, 0.3) is 6.01 Å². The second-order valence-corrected chi connectivity index (χ2v) is 4.00. The molecule has 4 heteroatoms. The first-order valence-electron chi connectivity index (χ1n) is 3.79. The normalized spacial score (nSPS) is 11.8. The minimum atomic E-state index is -0.0980. The van der Waals surface area contributed by atoms with Gasteiger partial charge in [0, 0.05) is 12.5 Å². The Bertz CT molecular complexity index is 275. The Morgan fingerprint density at radius 1 is 1.42 bits per heavy atom. The predicted octanol–water partition coefficient (Wildman–Crippen LogP) is 2.67. The van der Waals surface area contributed by atoms with Gasteiger partial charge < -0.3 is 9.73 Å². The van der Waals surface area contributed by atoms with E-state index in [2.05, 4.69) is 10.3 Å². The molecule has 1 rings (SSSR count). The zero-order valence-corrected chi connectivity index (χ0v) is 8.49. The van der Waals surface area contributed by atoms with E-state index in [1.165, 1.54) is 0 Å². The van der Waals surface area contributed by atoms with Gasteiger partial charge in [-0.1, -0.05) is 32.4 Å². The van der Waals surface area contributed by atoms with Crippen molar-refractivity contribution in [3.05, 3.63) is 10.9 Å². The molecule has 1 aromatic rings. The SMILES string of the molecule is CNc1nc(Cl)c(C(C)(C)C)o1. The Kier molecular flexibility index (Phi) is 2.33. The van der Waals surface area contributed by atoms with Gasteiger partial charge in [0.1, 0.15) is 0 Å². The summed E-state index contributed by atoms with van der Waals surface area (Å²) in [7, 11) is 1.74. The van der Waals surface area contributed by atoms with E-state index < -0.39 is 0 Å². The van der Waals surface area contributed by atoms with Crippen LogP contribution in [0.25, 0.3) is 0 Å². The number of nitrogens with one attached hydrogen (secondary N) is 1. The summed E-state index contributed by atoms with van der Waals surface area (Å²) in [5.74, 6) is 0.716. The van der Waals surface area contributed by atoms with Gasteiger partial charge in [0.15, 0.2) is 10.9 Å². The summed E-state index contributed by atoms with van der Waals surface area (Å²) in [6.07, 6.45) is 0. The van der Waals surface area contributed by atoms with Crippen molar-refractivity contribution in [1.82, 2.24) is 4.98 Å². The minimum Gasteiger partial charge on any atom is -0.427 e. The summed E-state index contributed by atoms with van der Waals surface area (Å²) < 4.78 is 5.37. The first-order valence-corrected chi connectivity index (χ1v) is 4.17. The lowest BCUT2D eigenvalue weighted by Gasteiger charge is -2.13. The third-order valence-corrected chi connectivity index (χ3v) is 1.74. The molecule has 0 aromatic carbocycles. The van der Waals surface area contributed by atoms with E-state index in [9.17, 15) is 0 Å². The molecular formula is C8H13ClN2O. The molecule has 0 atom stereocenters. The van der Waals surface area contributed by atoms with Crippen molar-refractivity contribution in [3.63, 3.8) is 0 Å². The lowest BCUT2D eigenvalue weighted by molar-refractivity contribution is 0.417. The molecule has 0 spiro atoms. The summed E-state index contributed by atoms with van der Waals surface area (Å²) in [5, 5.41) is 3.23. The Labute approximate surface area is 77.1 Å². The molecule has 1 heterocycles. The van der Waals surface area contributed by atoms with E-state index in [0.717, 1.165) is 0 Å². The molecule has 0 fully saturated rings. The fourth-order valence-corrected chi connectivity index (χ4v) is 1.27. The number of hydrogen-bond donors (Lipinski definition) is 1. The topological polar surface area (TPSA) is 38.1 Å². The van der Waals surface area contributed by atoms with Gasteiger partial charge >= 0.3 is 0 Å². The molecule has 1 aromatic heterocycles. The van der Waals surface area contributed by atoms with Crippen molar-refractivity contribution in [2.75, 3.05) is 12.4 Å². The number of halogens is 1. The molecule has 12 heavy (non-hydrogen) atoms. The van der Waals surface area contributed by atoms with Crippen LogP contribution in [0.2, 0.25) is 5.15 Å². The van der Waals surface area contributed by atoms with E-state index >= 15 is 0 Å². The van der Waals surface area contributed by atoms with Gasteiger partial charge in [0.05, 0.1) is 0 Å². The summed E-state index contributed by atoms with van der Waals surface area (Å²) in [5.41, 5.74) is -0.0980. The monoisotopic (exact) mass is 188 g/mol.